The van der Waals surface area contributed by atoms with Crippen LogP contribution in [0, 0.1) is 5.92 Å². The van der Waals surface area contributed by atoms with Crippen LogP contribution in [0.2, 0.25) is 0 Å². The highest BCUT2D eigenvalue weighted by Crippen LogP contribution is 2.56. The maximum atomic E-state index is 12.8. The number of amidine groups is 1. The minimum absolute atomic E-state index is 0.0161. The summed E-state index contributed by atoms with van der Waals surface area (Å²) in [7, 11) is 0. The Morgan fingerprint density at radius 3 is 2.49 bits per heavy atom. The summed E-state index contributed by atoms with van der Waals surface area (Å²) in [5, 5.41) is 86.6. The highest BCUT2D eigenvalue weighted by Gasteiger charge is 2.70. The molecule has 6 aliphatic rings. The smallest absolute Gasteiger partial charge is 0.336 e. The summed E-state index contributed by atoms with van der Waals surface area (Å²) in [6.07, 6.45) is 4.88. The molecule has 3 aromatic carbocycles. The second-order valence-corrected chi connectivity index (χ2v) is 16.5. The number of phenolic OH excluding ortho intramolecular Hbond substituents is 2. The second kappa shape index (κ2) is 16.0. The van der Waals surface area contributed by atoms with E-state index in [-0.39, 0.29) is 46.6 Å². The number of carboxylic acids is 1. The number of aryl methyl sites for hydroxylation is 1. The van der Waals surface area contributed by atoms with Gasteiger partial charge in [-0.3, -0.25) is 10.4 Å². The quantitative estimate of drug-likeness (QED) is 0.115. The summed E-state index contributed by atoms with van der Waals surface area (Å²) in [6, 6.07) is 13.4. The van der Waals surface area contributed by atoms with Crippen LogP contribution in [0.3, 0.4) is 0 Å². The average Bonchev–Trinajstić information content (AvgIpc) is 4.06. The Morgan fingerprint density at radius 2 is 1.81 bits per heavy atom. The Kier molecular flexibility index (Phi) is 10.6. The van der Waals surface area contributed by atoms with E-state index in [0.29, 0.717) is 55.0 Å². The fourth-order valence-electron chi connectivity index (χ4n) is 9.24. The molecule has 0 amide bonds. The number of nitrogens with zero attached hydrogens (tertiary/aromatic N) is 3. The van der Waals surface area contributed by atoms with Gasteiger partial charge in [-0.05, 0) is 90.2 Å². The monoisotopic (exact) mass is 863 g/mol. The van der Waals surface area contributed by atoms with E-state index >= 15 is 0 Å². The van der Waals surface area contributed by atoms with Gasteiger partial charge in [0.25, 0.3) is 0 Å². The SMILES string of the molecule is CCc1cc(O)cc(C2(Oc3c(OC4OC(C(=O)O)C5(O)C(C6=NC=NC6)C=CC4(O)C5O)cc4c(c3O)C(O)=CC(c3ccc(OCCC5=NC(=[NH2+])C=C5)cc3)O4)CCCC2)c1. The van der Waals surface area contributed by atoms with E-state index in [1.54, 1.807) is 42.5 Å². The number of carbonyl (C=O) groups is 1. The van der Waals surface area contributed by atoms with Crippen LogP contribution in [0.5, 0.6) is 34.5 Å². The highest BCUT2D eigenvalue weighted by molar-refractivity contribution is 6.13. The Morgan fingerprint density at radius 1 is 1.03 bits per heavy atom. The summed E-state index contributed by atoms with van der Waals surface area (Å²) in [5.41, 5.74) is -3.37. The lowest BCUT2D eigenvalue weighted by atomic mass is 9.64. The van der Waals surface area contributed by atoms with Crippen LogP contribution in [0.25, 0.3) is 5.76 Å². The number of aliphatic hydroxyl groups is 4. The van der Waals surface area contributed by atoms with Crippen molar-refractivity contribution in [3.05, 3.63) is 101 Å². The van der Waals surface area contributed by atoms with Gasteiger partial charge in [0.05, 0.1) is 24.8 Å². The zero-order chi connectivity index (χ0) is 44.3. The number of aliphatic carboxylic acids is 1. The Labute approximate surface area is 360 Å². The molecule has 3 aromatic rings. The molecule has 9 N–H and O–H groups in total. The first-order valence-corrected chi connectivity index (χ1v) is 20.8. The third-order valence-electron chi connectivity index (χ3n) is 12.5. The third-order valence-corrected chi connectivity index (χ3v) is 12.5. The van der Waals surface area contributed by atoms with Crippen molar-refractivity contribution in [2.75, 3.05) is 13.2 Å². The molecule has 0 aromatic heterocycles. The number of nitrogens with two attached hydrogens (primary N) is 1. The number of allylic oxidation sites excluding steroid dienone is 1. The summed E-state index contributed by atoms with van der Waals surface area (Å²) in [4.78, 5) is 25.2. The lowest BCUT2D eigenvalue weighted by molar-refractivity contribution is -0.337. The van der Waals surface area contributed by atoms with Gasteiger partial charge in [-0.25, -0.2) is 9.79 Å². The van der Waals surface area contributed by atoms with Crippen molar-refractivity contribution in [1.82, 2.24) is 0 Å². The molecule has 0 radical (unpaired) electrons. The largest absolute Gasteiger partial charge is 0.508 e. The van der Waals surface area contributed by atoms with E-state index in [0.717, 1.165) is 30.2 Å². The van der Waals surface area contributed by atoms with Crippen molar-refractivity contribution in [2.24, 2.45) is 20.9 Å². The van der Waals surface area contributed by atoms with Crippen LogP contribution in [-0.4, -0.2) is 108 Å². The number of hydrogen-bond donors (Lipinski definition) is 8. The lowest BCUT2D eigenvalue weighted by Crippen LogP contribution is -2.78. The molecule has 9 rings (SSSR count). The molecule has 7 unspecified atom stereocenters. The van der Waals surface area contributed by atoms with Crippen LogP contribution < -0.4 is 24.4 Å². The Balaban J connectivity index is 1.09. The van der Waals surface area contributed by atoms with Gasteiger partial charge < -0.3 is 59.4 Å². The number of ether oxygens (including phenoxy) is 5. The van der Waals surface area contributed by atoms with E-state index < -0.39 is 59.0 Å². The van der Waals surface area contributed by atoms with Crippen molar-refractivity contribution < 1.29 is 69.6 Å². The lowest BCUT2D eigenvalue weighted by Gasteiger charge is -2.55. The molecule has 17 heteroatoms. The predicted octanol–water partition coefficient (Wildman–Crippen LogP) is 3.16. The van der Waals surface area contributed by atoms with Crippen molar-refractivity contribution >= 4 is 35.3 Å². The number of aliphatic imine (C=N–C) groups is 3. The van der Waals surface area contributed by atoms with Crippen molar-refractivity contribution in [3.63, 3.8) is 0 Å². The van der Waals surface area contributed by atoms with Gasteiger partial charge in [0.1, 0.15) is 58.3 Å². The maximum absolute atomic E-state index is 12.8. The van der Waals surface area contributed by atoms with Gasteiger partial charge in [-0.1, -0.05) is 31.2 Å². The highest BCUT2D eigenvalue weighted by atomic mass is 16.7. The van der Waals surface area contributed by atoms with E-state index in [4.69, 9.17) is 29.1 Å². The number of hydrogen-bond acceptors (Lipinski definition) is 14. The molecule has 4 heterocycles. The predicted molar refractivity (Wildman–Crippen MR) is 227 cm³/mol. The zero-order valence-corrected chi connectivity index (χ0v) is 34.1. The second-order valence-electron chi connectivity index (χ2n) is 16.5. The van der Waals surface area contributed by atoms with Crippen LogP contribution in [0.15, 0.2) is 93.9 Å². The van der Waals surface area contributed by atoms with Gasteiger partial charge >= 0.3 is 11.8 Å². The molecule has 2 aliphatic carbocycles. The molecular weight excluding hydrogens is 817 g/mol. The molecular formula is C46H47N4O13+. The number of rotatable bonds is 13. The molecule has 0 spiro atoms. The summed E-state index contributed by atoms with van der Waals surface area (Å²) < 4.78 is 31.4. The standard InChI is InChI=1S/C46H46N4O13/c1-2-24-17-26(19-28(51)18-24)44(13-3-4-14-44)63-39-35(61-43-45(57)15-11-30(31-22-48-23-49-31)46(58,42(45)56)40(62-43)41(54)55)21-34-37(38(39)53)32(52)20-33(60-34)25-5-8-29(9-6-25)59-16-12-27-7-10-36(47)50-27/h5-11,15,17-21,23,30,33,40,42-43,47,51-53,56-58H,2-4,12-14,16,22H2,1H3,(H,54,55)/p+1. The third kappa shape index (κ3) is 7.29. The minimum Gasteiger partial charge on any atom is -0.508 e. The Hall–Kier alpha value is -6.53. The number of benzene rings is 3. The maximum Gasteiger partial charge on any atom is 0.336 e. The molecule has 328 valence electrons. The van der Waals surface area contributed by atoms with Gasteiger partial charge in [0, 0.05) is 24.6 Å². The molecule has 4 aliphatic heterocycles. The van der Waals surface area contributed by atoms with Crippen molar-refractivity contribution in [3.8, 4) is 34.5 Å². The number of aromatic hydroxyl groups is 2. The number of fused-ring (bicyclic) bond motifs is 3. The first-order valence-electron chi connectivity index (χ1n) is 20.8. The van der Waals surface area contributed by atoms with Crippen LogP contribution in [0.1, 0.15) is 67.4 Å². The Bertz CT molecular complexity index is 2540. The number of aliphatic hydroxyl groups excluding tert-OH is 2. The van der Waals surface area contributed by atoms with Crippen LogP contribution in [0.4, 0.5) is 0 Å². The molecule has 1 saturated carbocycles. The number of carboxylic acid groups (broad SMARTS) is 1. The first-order chi connectivity index (χ1) is 30.2. The normalized spacial score (nSPS) is 28.8. The molecule has 2 bridgehead atoms. The van der Waals surface area contributed by atoms with Gasteiger partial charge in [0.15, 0.2) is 28.9 Å². The van der Waals surface area contributed by atoms with Crippen molar-refractivity contribution in [1.29, 1.82) is 0 Å². The van der Waals surface area contributed by atoms with Gasteiger partial charge in [-0.2, -0.15) is 0 Å². The fraction of sp³-hybridized carbons (Fsp3) is 0.370. The molecule has 17 nitrogen and oxygen atoms in total. The summed E-state index contributed by atoms with van der Waals surface area (Å²) >= 11 is 0. The summed E-state index contributed by atoms with van der Waals surface area (Å²) in [6.45, 7) is 2.32. The van der Waals surface area contributed by atoms with E-state index in [2.05, 4.69) is 15.0 Å². The molecule has 7 atom stereocenters. The molecule has 63 heavy (non-hydrogen) atoms. The average molecular weight is 864 g/mol. The van der Waals surface area contributed by atoms with Crippen LogP contribution in [-0.2, 0) is 21.6 Å². The summed E-state index contributed by atoms with van der Waals surface area (Å²) in [5.74, 6) is -3.55. The zero-order valence-electron chi connectivity index (χ0n) is 34.1. The first kappa shape index (κ1) is 41.8. The van der Waals surface area contributed by atoms with E-state index in [9.17, 15) is 40.5 Å². The van der Waals surface area contributed by atoms with Gasteiger partial charge in [0.2, 0.25) is 12.0 Å². The van der Waals surface area contributed by atoms with Crippen LogP contribution >= 0.6 is 0 Å². The van der Waals surface area contributed by atoms with E-state index in [1.807, 2.05) is 19.1 Å². The minimum atomic E-state index is -2.62. The molecule has 2 fully saturated rings. The number of phenols is 2. The van der Waals surface area contributed by atoms with E-state index in [1.165, 1.54) is 24.6 Å². The van der Waals surface area contributed by atoms with Gasteiger partial charge in [-0.15, -0.1) is 0 Å². The van der Waals surface area contributed by atoms with Crippen molar-refractivity contribution in [2.45, 2.75) is 86.9 Å². The topological polar surface area (TPSA) is 267 Å². The molecule has 1 saturated heterocycles. The fourth-order valence-corrected chi connectivity index (χ4v) is 9.24.